The highest BCUT2D eigenvalue weighted by Gasteiger charge is 2.58. The number of aromatic nitrogens is 4. The number of hydrogen-bond donors (Lipinski definition) is 1. The number of fused-ring (bicyclic) bond motifs is 5. The fourth-order valence-corrected chi connectivity index (χ4v) is 9.12. The van der Waals surface area contributed by atoms with Crippen LogP contribution in [0.3, 0.4) is 0 Å². The summed E-state index contributed by atoms with van der Waals surface area (Å²) in [6, 6.07) is 0. The van der Waals surface area contributed by atoms with E-state index in [0.29, 0.717) is 23.9 Å². The molecule has 0 aliphatic heterocycles. The van der Waals surface area contributed by atoms with Gasteiger partial charge < -0.3 is 9.84 Å². The van der Waals surface area contributed by atoms with Crippen LogP contribution in [0.4, 0.5) is 0 Å². The summed E-state index contributed by atoms with van der Waals surface area (Å²) in [7, 11) is 1.72. The molecule has 0 aromatic carbocycles. The standard InChI is InChI=1S/C25H42N4O2/c1-16(14-29-27-17(2)26-28-29)22-7-8-23-21-6-5-18-13-25(30,15-31-4)12-10-19(18)20(21)9-11-24(22,23)3/h16,18-23,30H,5-15H2,1-4H3/t16-,18+,19-,20+,21+,22+,23-,24+,25+/m0/s1. The topological polar surface area (TPSA) is 73.1 Å². The molecule has 0 spiro atoms. The van der Waals surface area contributed by atoms with Crippen molar-refractivity contribution in [2.75, 3.05) is 13.7 Å². The van der Waals surface area contributed by atoms with Gasteiger partial charge >= 0.3 is 0 Å². The van der Waals surface area contributed by atoms with Gasteiger partial charge in [0.2, 0.25) is 0 Å². The molecule has 4 saturated carbocycles. The highest BCUT2D eigenvalue weighted by atomic mass is 16.5. The molecular weight excluding hydrogens is 388 g/mol. The molecular formula is C25H42N4O2. The van der Waals surface area contributed by atoms with Crippen molar-refractivity contribution in [3.8, 4) is 0 Å². The maximum absolute atomic E-state index is 11.0. The summed E-state index contributed by atoms with van der Waals surface area (Å²) >= 11 is 0. The lowest BCUT2D eigenvalue weighted by atomic mass is 9.48. The number of hydrogen-bond acceptors (Lipinski definition) is 5. The van der Waals surface area contributed by atoms with Crippen molar-refractivity contribution in [3.05, 3.63) is 5.82 Å². The maximum atomic E-state index is 11.0. The van der Waals surface area contributed by atoms with E-state index in [4.69, 9.17) is 4.74 Å². The van der Waals surface area contributed by atoms with Gasteiger partial charge in [-0.2, -0.15) is 4.80 Å². The summed E-state index contributed by atoms with van der Waals surface area (Å²) in [5, 5.41) is 23.7. The van der Waals surface area contributed by atoms with E-state index in [1.165, 1.54) is 44.9 Å². The van der Waals surface area contributed by atoms with Gasteiger partial charge in [-0.3, -0.25) is 0 Å². The number of rotatable bonds is 5. The first-order valence-electron chi connectivity index (χ1n) is 12.8. The molecule has 174 valence electrons. The van der Waals surface area contributed by atoms with Gasteiger partial charge in [-0.25, -0.2) is 0 Å². The van der Waals surface area contributed by atoms with Crippen molar-refractivity contribution >= 4 is 0 Å². The largest absolute Gasteiger partial charge is 0.387 e. The van der Waals surface area contributed by atoms with E-state index in [1.54, 1.807) is 7.11 Å². The predicted octanol–water partition coefficient (Wildman–Crippen LogP) is 4.26. The summed E-state index contributed by atoms with van der Waals surface area (Å²) in [4.78, 5) is 1.82. The van der Waals surface area contributed by atoms with E-state index in [2.05, 4.69) is 29.3 Å². The van der Waals surface area contributed by atoms with Crippen LogP contribution >= 0.6 is 0 Å². The van der Waals surface area contributed by atoms with Crippen LogP contribution in [-0.2, 0) is 11.3 Å². The smallest absolute Gasteiger partial charge is 0.171 e. The molecule has 6 heteroatoms. The lowest BCUT2D eigenvalue weighted by molar-refractivity contribution is -0.126. The Bertz CT molecular complexity index is 783. The van der Waals surface area contributed by atoms with Crippen molar-refractivity contribution in [2.45, 2.75) is 90.7 Å². The molecule has 1 heterocycles. The number of tetrazole rings is 1. The van der Waals surface area contributed by atoms with Gasteiger partial charge in [0.25, 0.3) is 0 Å². The lowest BCUT2D eigenvalue weighted by Gasteiger charge is -2.57. The SMILES string of the molecule is COC[C@@]1(O)CC[C@H]2[C@H](CC[C@@H]3[C@@H]2CC[C@]2(C)[C@@H]([C@@H](C)Cn4nnc(C)n4)CC[C@@H]32)C1. The Morgan fingerprint density at radius 2 is 1.90 bits per heavy atom. The first-order chi connectivity index (χ1) is 14.8. The summed E-state index contributed by atoms with van der Waals surface area (Å²) in [5.41, 5.74) is -0.109. The van der Waals surface area contributed by atoms with E-state index < -0.39 is 5.60 Å². The van der Waals surface area contributed by atoms with E-state index in [9.17, 15) is 5.11 Å². The maximum Gasteiger partial charge on any atom is 0.171 e. The molecule has 5 rings (SSSR count). The predicted molar refractivity (Wildman–Crippen MR) is 119 cm³/mol. The van der Waals surface area contributed by atoms with Gasteiger partial charge in [0.05, 0.1) is 18.8 Å². The number of nitrogens with zero attached hydrogens (tertiary/aromatic N) is 4. The van der Waals surface area contributed by atoms with Gasteiger partial charge in [0, 0.05) is 7.11 Å². The third kappa shape index (κ3) is 3.76. The number of ether oxygens (including phenoxy) is 1. The third-order valence-corrected chi connectivity index (χ3v) is 10.3. The fraction of sp³-hybridized carbons (Fsp3) is 0.960. The van der Waals surface area contributed by atoms with E-state index in [1.807, 2.05) is 11.7 Å². The van der Waals surface area contributed by atoms with Crippen LogP contribution in [0.5, 0.6) is 0 Å². The normalized spacial score (nSPS) is 45.6. The first-order valence-corrected chi connectivity index (χ1v) is 12.8. The summed E-state index contributed by atoms with van der Waals surface area (Å²) in [6.07, 6.45) is 11.3. The van der Waals surface area contributed by atoms with Gasteiger partial charge in [-0.1, -0.05) is 13.8 Å². The van der Waals surface area contributed by atoms with E-state index in [0.717, 1.165) is 54.8 Å². The van der Waals surface area contributed by atoms with Crippen LogP contribution in [0, 0.1) is 53.8 Å². The molecule has 1 aromatic rings. The molecule has 0 radical (unpaired) electrons. The van der Waals surface area contributed by atoms with Gasteiger partial charge in [0.1, 0.15) is 0 Å². The number of methoxy groups -OCH3 is 1. The zero-order chi connectivity index (χ0) is 21.8. The highest BCUT2D eigenvalue weighted by Crippen LogP contribution is 2.65. The molecule has 4 aliphatic carbocycles. The van der Waals surface area contributed by atoms with Crippen LogP contribution in [-0.4, -0.2) is 44.6 Å². The van der Waals surface area contributed by atoms with Crippen molar-refractivity contribution in [1.82, 2.24) is 20.2 Å². The molecule has 0 bridgehead atoms. The summed E-state index contributed by atoms with van der Waals surface area (Å²) < 4.78 is 5.35. The molecule has 0 unspecified atom stereocenters. The lowest BCUT2D eigenvalue weighted by Crippen LogP contribution is -2.52. The third-order valence-electron chi connectivity index (χ3n) is 10.3. The van der Waals surface area contributed by atoms with Crippen molar-refractivity contribution in [1.29, 1.82) is 0 Å². The molecule has 4 aliphatic rings. The molecule has 1 aromatic heterocycles. The second-order valence-corrected chi connectivity index (χ2v) is 11.9. The Morgan fingerprint density at radius 1 is 1.10 bits per heavy atom. The number of aryl methyl sites for hydroxylation is 1. The van der Waals surface area contributed by atoms with Crippen molar-refractivity contribution < 1.29 is 9.84 Å². The van der Waals surface area contributed by atoms with Crippen LogP contribution < -0.4 is 0 Å². The first kappa shape index (κ1) is 21.8. The minimum atomic E-state index is -0.576. The number of aliphatic hydroxyl groups is 1. The van der Waals surface area contributed by atoms with E-state index >= 15 is 0 Å². The molecule has 0 saturated heterocycles. The Kier molecular flexibility index (Phi) is 5.69. The molecule has 4 fully saturated rings. The minimum absolute atomic E-state index is 0.467. The summed E-state index contributed by atoms with van der Waals surface area (Å²) in [5.74, 6) is 6.33. The average molecular weight is 431 g/mol. The highest BCUT2D eigenvalue weighted by molar-refractivity contribution is 5.07. The Morgan fingerprint density at radius 3 is 2.65 bits per heavy atom. The zero-order valence-electron chi connectivity index (χ0n) is 20.0. The van der Waals surface area contributed by atoms with Crippen LogP contribution in [0.1, 0.15) is 77.5 Å². The van der Waals surface area contributed by atoms with Crippen molar-refractivity contribution in [3.63, 3.8) is 0 Å². The zero-order valence-corrected chi connectivity index (χ0v) is 20.0. The minimum Gasteiger partial charge on any atom is -0.387 e. The van der Waals surface area contributed by atoms with Crippen LogP contribution in [0.25, 0.3) is 0 Å². The van der Waals surface area contributed by atoms with Crippen molar-refractivity contribution in [2.24, 2.45) is 46.8 Å². The summed E-state index contributed by atoms with van der Waals surface area (Å²) in [6.45, 7) is 8.35. The second kappa shape index (κ2) is 8.09. The van der Waals surface area contributed by atoms with Gasteiger partial charge in [-0.15, -0.1) is 10.2 Å². The quantitative estimate of drug-likeness (QED) is 0.755. The molecule has 0 amide bonds. The van der Waals surface area contributed by atoms with Gasteiger partial charge in [-0.05, 0) is 117 Å². The van der Waals surface area contributed by atoms with Gasteiger partial charge in [0.15, 0.2) is 5.82 Å². The molecule has 6 nitrogen and oxygen atoms in total. The average Bonchev–Trinajstić information content (AvgIpc) is 3.29. The molecule has 9 atom stereocenters. The van der Waals surface area contributed by atoms with Crippen LogP contribution in [0.15, 0.2) is 0 Å². The second-order valence-electron chi connectivity index (χ2n) is 11.9. The Balaban J connectivity index is 1.28. The monoisotopic (exact) mass is 430 g/mol. The van der Waals surface area contributed by atoms with E-state index in [-0.39, 0.29) is 0 Å². The van der Waals surface area contributed by atoms with Crippen LogP contribution in [0.2, 0.25) is 0 Å². The molecule has 1 N–H and O–H groups in total. The Labute approximate surface area is 187 Å². The Hall–Kier alpha value is -1.01. The fourth-order valence-electron chi connectivity index (χ4n) is 9.12. The molecule has 31 heavy (non-hydrogen) atoms.